The predicted molar refractivity (Wildman–Crippen MR) is 162 cm³/mol. The summed E-state index contributed by atoms with van der Waals surface area (Å²) in [4.78, 5) is 24.6. The number of rotatable bonds is 21. The molecule has 3 unspecified atom stereocenters. The van der Waals surface area contributed by atoms with Gasteiger partial charge in [0.05, 0.1) is 31.2 Å². The molecule has 13 heteroatoms. The lowest BCUT2D eigenvalue weighted by Crippen LogP contribution is -2.63. The monoisotopic (exact) mass is 650 g/mol. The number of aliphatic carboxylic acids is 1. The second-order valence-corrected chi connectivity index (χ2v) is 12.6. The maximum atomic E-state index is 13.1. The van der Waals surface area contributed by atoms with E-state index in [0.717, 1.165) is 64.2 Å². The highest BCUT2D eigenvalue weighted by molar-refractivity contribution is 5.72. The Hall–Kier alpha value is -1.42. The van der Waals surface area contributed by atoms with E-state index in [0.29, 0.717) is 12.8 Å². The van der Waals surface area contributed by atoms with Gasteiger partial charge in [0, 0.05) is 0 Å². The SMILES string of the molecule is CCCCCCCC(CC(=O)O)OC(=O)CC(CCCCCCC)O[C@@H]1O[C@@H](C)[C@H](O)[C@@H](O)C1O[C@@H]1O[C@@H](C)[C@H](O)[C@@H](O)[C@H]1O. The van der Waals surface area contributed by atoms with Crippen molar-refractivity contribution in [3.63, 3.8) is 0 Å². The zero-order chi connectivity index (χ0) is 33.5. The van der Waals surface area contributed by atoms with Gasteiger partial charge < -0.3 is 54.3 Å². The van der Waals surface area contributed by atoms with Crippen LogP contribution in [0, 0.1) is 0 Å². The highest BCUT2D eigenvalue weighted by atomic mass is 16.8. The molecule has 0 aromatic rings. The van der Waals surface area contributed by atoms with Gasteiger partial charge in [-0.25, -0.2) is 0 Å². The third-order valence-electron chi connectivity index (χ3n) is 8.56. The maximum Gasteiger partial charge on any atom is 0.308 e. The van der Waals surface area contributed by atoms with Crippen LogP contribution < -0.4 is 0 Å². The number of carbonyl (C=O) groups excluding carboxylic acids is 1. The first-order valence-electron chi connectivity index (χ1n) is 16.8. The van der Waals surface area contributed by atoms with E-state index in [-0.39, 0.29) is 12.8 Å². The van der Waals surface area contributed by atoms with Gasteiger partial charge in [-0.2, -0.15) is 0 Å². The third kappa shape index (κ3) is 13.3. The second kappa shape index (κ2) is 20.7. The summed E-state index contributed by atoms with van der Waals surface area (Å²) >= 11 is 0. The average Bonchev–Trinajstić information content (AvgIpc) is 2.98. The normalized spacial score (nSPS) is 33.4. The number of ether oxygens (including phenoxy) is 5. The van der Waals surface area contributed by atoms with Crippen LogP contribution in [0.3, 0.4) is 0 Å². The van der Waals surface area contributed by atoms with Crippen LogP contribution in [0.5, 0.6) is 0 Å². The lowest BCUT2D eigenvalue weighted by atomic mass is 9.97. The van der Waals surface area contributed by atoms with Crippen molar-refractivity contribution in [1.29, 1.82) is 0 Å². The van der Waals surface area contributed by atoms with Crippen LogP contribution in [0.15, 0.2) is 0 Å². The Balaban J connectivity index is 2.16. The number of aliphatic hydroxyl groups excluding tert-OH is 5. The molecule has 0 radical (unpaired) electrons. The van der Waals surface area contributed by atoms with Gasteiger partial charge in [0.25, 0.3) is 0 Å². The summed E-state index contributed by atoms with van der Waals surface area (Å²) in [7, 11) is 0. The molecular weight excluding hydrogens is 592 g/mol. The van der Waals surface area contributed by atoms with Gasteiger partial charge in [0.1, 0.15) is 42.7 Å². The summed E-state index contributed by atoms with van der Waals surface area (Å²) < 4.78 is 29.1. The van der Waals surface area contributed by atoms with Gasteiger partial charge in [0.15, 0.2) is 12.6 Å². The number of carboxylic acids is 1. The highest BCUT2D eigenvalue weighted by Gasteiger charge is 2.50. The van der Waals surface area contributed by atoms with Gasteiger partial charge in [0.2, 0.25) is 0 Å². The number of esters is 1. The fraction of sp³-hybridized carbons (Fsp3) is 0.938. The van der Waals surface area contributed by atoms with Crippen LogP contribution in [0.25, 0.3) is 0 Å². The Morgan fingerprint density at radius 3 is 1.71 bits per heavy atom. The lowest BCUT2D eigenvalue weighted by molar-refractivity contribution is -0.366. The van der Waals surface area contributed by atoms with Crippen molar-refractivity contribution >= 4 is 11.9 Å². The smallest absolute Gasteiger partial charge is 0.308 e. The summed E-state index contributed by atoms with van der Waals surface area (Å²) in [6.45, 7) is 7.24. The lowest BCUT2D eigenvalue weighted by Gasteiger charge is -2.46. The van der Waals surface area contributed by atoms with Gasteiger partial charge in [-0.15, -0.1) is 0 Å². The predicted octanol–water partition coefficient (Wildman–Crippen LogP) is 2.55. The molecule has 0 aromatic heterocycles. The molecular formula is C32H58O13. The minimum Gasteiger partial charge on any atom is -0.481 e. The Bertz CT molecular complexity index is 844. The van der Waals surface area contributed by atoms with E-state index in [1.54, 1.807) is 6.92 Å². The van der Waals surface area contributed by atoms with Crippen LogP contribution in [0.1, 0.15) is 118 Å². The molecule has 0 aliphatic carbocycles. The molecule has 45 heavy (non-hydrogen) atoms. The van der Waals surface area contributed by atoms with Crippen molar-refractivity contribution in [3.05, 3.63) is 0 Å². The topological polar surface area (TPSA) is 202 Å². The molecule has 0 spiro atoms. The Morgan fingerprint density at radius 1 is 0.644 bits per heavy atom. The Labute approximate surface area is 267 Å². The molecule has 2 aliphatic rings. The largest absolute Gasteiger partial charge is 0.481 e. The van der Waals surface area contributed by atoms with Crippen LogP contribution in [-0.4, -0.2) is 116 Å². The molecule has 0 bridgehead atoms. The highest BCUT2D eigenvalue weighted by Crippen LogP contribution is 2.31. The Morgan fingerprint density at radius 2 is 1.16 bits per heavy atom. The molecule has 0 amide bonds. The van der Waals surface area contributed by atoms with Crippen molar-refractivity contribution in [1.82, 2.24) is 0 Å². The van der Waals surface area contributed by atoms with E-state index >= 15 is 0 Å². The molecule has 13 nitrogen and oxygen atoms in total. The molecule has 0 saturated carbocycles. The van der Waals surface area contributed by atoms with E-state index < -0.39 is 85.6 Å². The summed E-state index contributed by atoms with van der Waals surface area (Å²) in [5.74, 6) is -1.67. The second-order valence-electron chi connectivity index (χ2n) is 12.6. The van der Waals surface area contributed by atoms with E-state index in [1.165, 1.54) is 6.92 Å². The first-order valence-corrected chi connectivity index (χ1v) is 16.8. The molecule has 2 heterocycles. The number of aliphatic hydroxyl groups is 5. The molecule has 2 rings (SSSR count). The maximum absolute atomic E-state index is 13.1. The zero-order valence-electron chi connectivity index (χ0n) is 27.4. The van der Waals surface area contributed by atoms with E-state index in [4.69, 9.17) is 23.7 Å². The molecule has 6 N–H and O–H groups in total. The van der Waals surface area contributed by atoms with Crippen LogP contribution in [0.2, 0.25) is 0 Å². The van der Waals surface area contributed by atoms with Crippen LogP contribution in [-0.2, 0) is 33.3 Å². The molecule has 12 atom stereocenters. The summed E-state index contributed by atoms with van der Waals surface area (Å²) in [6, 6.07) is 0. The van der Waals surface area contributed by atoms with Gasteiger partial charge in [-0.3, -0.25) is 9.59 Å². The number of hydrogen-bond donors (Lipinski definition) is 6. The molecule has 2 saturated heterocycles. The third-order valence-corrected chi connectivity index (χ3v) is 8.56. The number of hydrogen-bond acceptors (Lipinski definition) is 12. The van der Waals surface area contributed by atoms with Gasteiger partial charge in [-0.1, -0.05) is 71.6 Å². The van der Waals surface area contributed by atoms with Crippen molar-refractivity contribution in [2.24, 2.45) is 0 Å². The summed E-state index contributed by atoms with van der Waals surface area (Å²) in [5.41, 5.74) is 0. The first kappa shape index (κ1) is 39.8. The van der Waals surface area contributed by atoms with Crippen molar-refractivity contribution in [2.75, 3.05) is 0 Å². The van der Waals surface area contributed by atoms with Crippen molar-refractivity contribution in [3.8, 4) is 0 Å². The van der Waals surface area contributed by atoms with Crippen molar-refractivity contribution < 1.29 is 63.9 Å². The Kier molecular flexibility index (Phi) is 18.3. The van der Waals surface area contributed by atoms with E-state index in [9.17, 15) is 40.2 Å². The molecule has 2 fully saturated rings. The zero-order valence-corrected chi connectivity index (χ0v) is 27.4. The molecule has 2 aliphatic heterocycles. The minimum absolute atomic E-state index is 0.205. The first-order chi connectivity index (χ1) is 21.4. The van der Waals surface area contributed by atoms with Crippen molar-refractivity contribution in [2.45, 2.75) is 191 Å². The summed E-state index contributed by atoms with van der Waals surface area (Å²) in [6.07, 6.45) is -5.07. The number of carbonyl (C=O) groups is 2. The standard InChI is InChI=1S/C32H58O13/c1-5-7-9-11-13-15-21(17-23(33)34)43-24(35)18-22(16-14-12-10-8-6-2)44-32-30(28(39)26(37)20(4)42-32)45-31-29(40)27(38)25(36)19(3)41-31/h19-22,25-32,36-40H,5-18H2,1-4H3,(H,33,34)/t19-,20-,21?,22?,25-,26-,27+,28+,29+,30?,31-,32-/m0/s1. The van der Waals surface area contributed by atoms with Gasteiger partial charge in [-0.05, 0) is 33.1 Å². The van der Waals surface area contributed by atoms with E-state index in [1.807, 2.05) is 0 Å². The summed E-state index contributed by atoms with van der Waals surface area (Å²) in [5, 5.41) is 61.7. The minimum atomic E-state index is -1.67. The van der Waals surface area contributed by atoms with E-state index in [2.05, 4.69) is 13.8 Å². The van der Waals surface area contributed by atoms with Gasteiger partial charge >= 0.3 is 11.9 Å². The van der Waals surface area contributed by atoms with Crippen LogP contribution >= 0.6 is 0 Å². The fourth-order valence-electron chi connectivity index (χ4n) is 5.71. The fourth-order valence-corrected chi connectivity index (χ4v) is 5.71. The number of carboxylic acid groups (broad SMARTS) is 1. The molecule has 264 valence electrons. The molecule has 0 aromatic carbocycles. The van der Waals surface area contributed by atoms with Crippen LogP contribution in [0.4, 0.5) is 0 Å². The number of unbranched alkanes of at least 4 members (excludes halogenated alkanes) is 8. The average molecular weight is 651 g/mol. The quantitative estimate of drug-likeness (QED) is 0.0782.